The third-order valence-electron chi connectivity index (χ3n) is 6.34. The van der Waals surface area contributed by atoms with Crippen LogP contribution in [0.3, 0.4) is 0 Å². The van der Waals surface area contributed by atoms with Gasteiger partial charge in [0.2, 0.25) is 10.0 Å². The highest BCUT2D eigenvalue weighted by Crippen LogP contribution is 2.27. The minimum Gasteiger partial charge on any atom is -0.350 e. The van der Waals surface area contributed by atoms with E-state index in [0.29, 0.717) is 31.7 Å². The lowest BCUT2D eigenvalue weighted by molar-refractivity contribution is -0.128. The van der Waals surface area contributed by atoms with Crippen LogP contribution in [-0.2, 0) is 14.8 Å². The summed E-state index contributed by atoms with van der Waals surface area (Å²) in [5.41, 5.74) is 5.59. The molecule has 36 heavy (non-hydrogen) atoms. The summed E-state index contributed by atoms with van der Waals surface area (Å²) in [7, 11) is -4.31. The Bertz CT molecular complexity index is 1240. The second-order valence-corrected chi connectivity index (χ2v) is 10.7. The fourth-order valence-electron chi connectivity index (χ4n) is 4.40. The van der Waals surface area contributed by atoms with E-state index in [2.05, 4.69) is 10.6 Å². The zero-order valence-electron chi connectivity index (χ0n) is 19.2. The Kier molecular flexibility index (Phi) is 7.52. The molecule has 1 saturated carbocycles. The fourth-order valence-corrected chi connectivity index (χ4v) is 5.95. The average molecular weight is 526 g/mol. The first-order valence-corrected chi connectivity index (χ1v) is 12.9. The average Bonchev–Trinajstić information content (AvgIpc) is 3.29. The molecule has 9 nitrogen and oxygen atoms in total. The monoisotopic (exact) mass is 525 g/mol. The molecule has 0 aromatic heterocycles. The van der Waals surface area contributed by atoms with Gasteiger partial charge < -0.3 is 16.4 Å². The smallest absolute Gasteiger partial charge is 0.323 e. The summed E-state index contributed by atoms with van der Waals surface area (Å²) in [6, 6.07) is 5.47. The van der Waals surface area contributed by atoms with E-state index in [1.54, 1.807) is 0 Å². The first-order valence-electron chi connectivity index (χ1n) is 11.4. The molecule has 0 spiro atoms. The van der Waals surface area contributed by atoms with Crippen LogP contribution in [0.5, 0.6) is 0 Å². The van der Waals surface area contributed by atoms with Gasteiger partial charge in [-0.25, -0.2) is 26.4 Å². The first kappa shape index (κ1) is 25.9. The number of nitrogens with zero attached hydrogens (tertiary/aromatic N) is 2. The minimum atomic E-state index is -4.31. The Hall–Kier alpha value is -3.16. The third-order valence-corrected chi connectivity index (χ3v) is 8.20. The fraction of sp³-hybridized carbons (Fsp3) is 0.391. The number of rotatable bonds is 5. The number of carbonyl (C=O) groups excluding carboxylic acids is 2. The maximum absolute atomic E-state index is 14.1. The number of sulfonamides is 1. The Morgan fingerprint density at radius 2 is 1.56 bits per heavy atom. The van der Waals surface area contributed by atoms with Crippen molar-refractivity contribution in [2.24, 2.45) is 5.73 Å². The van der Waals surface area contributed by atoms with Crippen LogP contribution >= 0.6 is 0 Å². The predicted molar refractivity (Wildman–Crippen MR) is 125 cm³/mol. The number of hydrogen-bond donors (Lipinski definition) is 3. The number of hydrogen-bond acceptors (Lipinski definition) is 5. The van der Waals surface area contributed by atoms with Crippen LogP contribution in [0, 0.1) is 17.5 Å². The molecule has 2 fully saturated rings. The molecule has 1 unspecified atom stereocenters. The van der Waals surface area contributed by atoms with Crippen molar-refractivity contribution in [1.82, 2.24) is 14.5 Å². The largest absolute Gasteiger partial charge is 0.350 e. The van der Waals surface area contributed by atoms with Gasteiger partial charge in [0, 0.05) is 31.2 Å². The standard InChI is InChI=1S/C23H26F3N5O4S/c24-14-1-8-18(9-2-14)36(34,35)31-12-11-30(23(33)29-20-10-3-15(25)13-19(20)26)22(31)21(32)28-17-6-4-16(27)5-7-17/h1-3,8-10,13,16-17,22H,4-7,11-12,27H2,(H,28,32)(H,29,33). The second-order valence-electron chi connectivity index (χ2n) is 8.81. The molecular formula is C23H26F3N5O4S. The predicted octanol–water partition coefficient (Wildman–Crippen LogP) is 2.35. The summed E-state index contributed by atoms with van der Waals surface area (Å²) >= 11 is 0. The van der Waals surface area contributed by atoms with Crippen molar-refractivity contribution >= 4 is 27.6 Å². The maximum Gasteiger partial charge on any atom is 0.323 e. The molecule has 1 atom stereocenters. The van der Waals surface area contributed by atoms with Gasteiger partial charge >= 0.3 is 6.03 Å². The van der Waals surface area contributed by atoms with Crippen LogP contribution < -0.4 is 16.4 Å². The second kappa shape index (κ2) is 10.4. The van der Waals surface area contributed by atoms with Gasteiger partial charge in [0.05, 0.1) is 10.6 Å². The highest BCUT2D eigenvalue weighted by molar-refractivity contribution is 7.89. The Labute approximate surface area is 206 Å². The number of urea groups is 1. The molecule has 0 bridgehead atoms. The quantitative estimate of drug-likeness (QED) is 0.553. The number of nitrogens with one attached hydrogen (secondary N) is 2. The van der Waals surface area contributed by atoms with Gasteiger partial charge in [-0.1, -0.05) is 0 Å². The van der Waals surface area contributed by atoms with Gasteiger partial charge in [-0.2, -0.15) is 4.31 Å². The number of nitrogens with two attached hydrogens (primary N) is 1. The Balaban J connectivity index is 1.61. The molecule has 3 amide bonds. The van der Waals surface area contributed by atoms with E-state index in [-0.39, 0.29) is 35.8 Å². The summed E-state index contributed by atoms with van der Waals surface area (Å²) in [5, 5.41) is 5.08. The molecule has 1 heterocycles. The van der Waals surface area contributed by atoms with Crippen LogP contribution in [-0.4, -0.2) is 60.9 Å². The highest BCUT2D eigenvalue weighted by atomic mass is 32.2. The van der Waals surface area contributed by atoms with E-state index in [0.717, 1.165) is 45.6 Å². The molecule has 0 radical (unpaired) electrons. The SMILES string of the molecule is NC1CCC(NC(=O)C2N(C(=O)Nc3ccc(F)cc3F)CCN2S(=O)(=O)c2ccc(F)cc2)CC1. The Morgan fingerprint density at radius 1 is 0.917 bits per heavy atom. The van der Waals surface area contributed by atoms with E-state index < -0.39 is 45.6 Å². The molecule has 4 N–H and O–H groups in total. The summed E-state index contributed by atoms with van der Waals surface area (Å²) < 4.78 is 68.3. The zero-order valence-corrected chi connectivity index (χ0v) is 20.0. The third kappa shape index (κ3) is 5.47. The Morgan fingerprint density at radius 3 is 2.19 bits per heavy atom. The lowest BCUT2D eigenvalue weighted by Crippen LogP contribution is -2.56. The van der Waals surface area contributed by atoms with Crippen molar-refractivity contribution in [2.45, 2.75) is 48.8 Å². The molecule has 1 aliphatic carbocycles. The van der Waals surface area contributed by atoms with Gasteiger partial charge in [-0.05, 0) is 62.1 Å². The summed E-state index contributed by atoms with van der Waals surface area (Å²) in [6.45, 7) is -0.407. The zero-order chi connectivity index (χ0) is 26.0. The summed E-state index contributed by atoms with van der Waals surface area (Å²) in [4.78, 5) is 27.1. The van der Waals surface area contributed by atoms with Gasteiger partial charge in [0.15, 0.2) is 6.17 Å². The minimum absolute atomic E-state index is 0.0212. The molecule has 1 aliphatic heterocycles. The summed E-state index contributed by atoms with van der Waals surface area (Å²) in [5.74, 6) is -3.23. The lowest BCUT2D eigenvalue weighted by atomic mass is 9.92. The van der Waals surface area contributed by atoms with E-state index in [1.807, 2.05) is 0 Å². The number of anilines is 1. The van der Waals surface area contributed by atoms with Crippen molar-refractivity contribution in [3.05, 3.63) is 59.9 Å². The number of benzene rings is 2. The van der Waals surface area contributed by atoms with Gasteiger partial charge in [0.1, 0.15) is 17.5 Å². The number of amides is 3. The first-order chi connectivity index (χ1) is 17.1. The van der Waals surface area contributed by atoms with E-state index in [4.69, 9.17) is 5.73 Å². The van der Waals surface area contributed by atoms with Crippen molar-refractivity contribution in [1.29, 1.82) is 0 Å². The maximum atomic E-state index is 14.1. The summed E-state index contributed by atoms with van der Waals surface area (Å²) in [6.07, 6.45) is 0.969. The van der Waals surface area contributed by atoms with E-state index in [1.165, 1.54) is 0 Å². The van der Waals surface area contributed by atoms with Crippen LogP contribution in [0.25, 0.3) is 0 Å². The van der Waals surface area contributed by atoms with Crippen molar-refractivity contribution in [2.75, 3.05) is 18.4 Å². The van der Waals surface area contributed by atoms with Gasteiger partial charge in [0.25, 0.3) is 5.91 Å². The van der Waals surface area contributed by atoms with Gasteiger partial charge in [-0.3, -0.25) is 9.69 Å². The molecule has 2 aliphatic rings. The molecule has 194 valence electrons. The molecule has 2 aromatic rings. The molecular weight excluding hydrogens is 499 g/mol. The van der Waals surface area contributed by atoms with Gasteiger partial charge in [-0.15, -0.1) is 0 Å². The van der Waals surface area contributed by atoms with Crippen LogP contribution in [0.15, 0.2) is 47.4 Å². The normalized spacial score (nSPS) is 22.9. The van der Waals surface area contributed by atoms with Crippen molar-refractivity contribution in [3.63, 3.8) is 0 Å². The van der Waals surface area contributed by atoms with Crippen LogP contribution in [0.2, 0.25) is 0 Å². The number of halogens is 3. The van der Waals surface area contributed by atoms with Crippen LogP contribution in [0.1, 0.15) is 25.7 Å². The van der Waals surface area contributed by atoms with Crippen molar-refractivity contribution < 1.29 is 31.2 Å². The van der Waals surface area contributed by atoms with E-state index in [9.17, 15) is 31.2 Å². The van der Waals surface area contributed by atoms with Crippen LogP contribution in [0.4, 0.5) is 23.7 Å². The molecule has 2 aromatic carbocycles. The van der Waals surface area contributed by atoms with E-state index >= 15 is 0 Å². The lowest BCUT2D eigenvalue weighted by Gasteiger charge is -2.32. The highest BCUT2D eigenvalue weighted by Gasteiger charge is 2.47. The molecule has 4 rings (SSSR count). The molecule has 13 heteroatoms. The topological polar surface area (TPSA) is 125 Å². The molecule has 1 saturated heterocycles. The van der Waals surface area contributed by atoms with Crippen molar-refractivity contribution in [3.8, 4) is 0 Å². The number of carbonyl (C=O) groups is 2.